The molecule has 0 aliphatic heterocycles. The van der Waals surface area contributed by atoms with E-state index in [1.54, 1.807) is 19.2 Å². The Balaban J connectivity index is 2.12. The summed E-state index contributed by atoms with van der Waals surface area (Å²) in [5.74, 6) is 0.632. The molecule has 3 aromatic rings. The third-order valence-corrected chi connectivity index (χ3v) is 2.95. The van der Waals surface area contributed by atoms with Gasteiger partial charge in [-0.2, -0.15) is 4.68 Å². The zero-order valence-electron chi connectivity index (χ0n) is 11.2. The number of methoxy groups -OCH3 is 1. The molecule has 1 heterocycles. The van der Waals surface area contributed by atoms with Crippen molar-refractivity contribution in [2.75, 3.05) is 12.8 Å². The number of nitrogen functional groups attached to an aromatic ring is 1. The van der Waals surface area contributed by atoms with Crippen molar-refractivity contribution in [2.24, 2.45) is 0 Å². The molecule has 6 nitrogen and oxygen atoms in total. The molecule has 0 spiro atoms. The van der Waals surface area contributed by atoms with Gasteiger partial charge in [0.25, 0.3) is 0 Å². The number of tetrazole rings is 1. The van der Waals surface area contributed by atoms with Crippen molar-refractivity contribution in [1.82, 2.24) is 20.2 Å². The van der Waals surface area contributed by atoms with Crippen LogP contribution >= 0.6 is 0 Å². The van der Waals surface area contributed by atoms with Crippen LogP contribution in [0.1, 0.15) is 0 Å². The summed E-state index contributed by atoms with van der Waals surface area (Å²) < 4.78 is 20.2. The fourth-order valence-electron chi connectivity index (χ4n) is 2.02. The van der Waals surface area contributed by atoms with E-state index in [1.807, 2.05) is 18.2 Å². The molecule has 1 aromatic heterocycles. The molecule has 0 amide bonds. The largest absolute Gasteiger partial charge is 0.497 e. The maximum Gasteiger partial charge on any atom is 0.187 e. The fourth-order valence-corrected chi connectivity index (χ4v) is 2.02. The van der Waals surface area contributed by atoms with Gasteiger partial charge in [0.2, 0.25) is 0 Å². The second-order valence-corrected chi connectivity index (χ2v) is 4.39. The van der Waals surface area contributed by atoms with Crippen LogP contribution in [-0.2, 0) is 0 Å². The highest BCUT2D eigenvalue weighted by atomic mass is 19.1. The third-order valence-electron chi connectivity index (χ3n) is 2.95. The quantitative estimate of drug-likeness (QED) is 0.745. The van der Waals surface area contributed by atoms with Gasteiger partial charge in [0.1, 0.15) is 11.6 Å². The Hall–Kier alpha value is -2.96. The molecular weight excluding hydrogens is 273 g/mol. The Kier molecular flexibility index (Phi) is 3.23. The zero-order valence-corrected chi connectivity index (χ0v) is 11.2. The number of nitrogens with two attached hydrogens (primary N) is 1. The van der Waals surface area contributed by atoms with Crippen LogP contribution in [0.25, 0.3) is 17.1 Å². The average Bonchev–Trinajstić information content (AvgIpc) is 2.96. The molecule has 2 aromatic carbocycles. The van der Waals surface area contributed by atoms with Crippen LogP contribution < -0.4 is 10.5 Å². The molecule has 2 N–H and O–H groups in total. The minimum Gasteiger partial charge on any atom is -0.497 e. The zero-order chi connectivity index (χ0) is 14.8. The second-order valence-electron chi connectivity index (χ2n) is 4.39. The van der Waals surface area contributed by atoms with E-state index in [4.69, 9.17) is 10.5 Å². The standard InChI is InChI=1S/C14H12FN5O/c1-21-13-4-2-3-12(8-13)20-14(17-18-19-20)9-5-10(15)7-11(16)6-9/h2-8H,16H2,1H3. The molecule has 3 rings (SSSR count). The minimum atomic E-state index is -0.440. The lowest BCUT2D eigenvalue weighted by atomic mass is 10.2. The average molecular weight is 285 g/mol. The van der Waals surface area contributed by atoms with E-state index in [0.29, 0.717) is 28.5 Å². The Morgan fingerprint density at radius 2 is 2.05 bits per heavy atom. The summed E-state index contributed by atoms with van der Waals surface area (Å²) >= 11 is 0. The SMILES string of the molecule is COc1cccc(-n2nnnc2-c2cc(N)cc(F)c2)c1. The number of hydrogen-bond acceptors (Lipinski definition) is 5. The Morgan fingerprint density at radius 3 is 2.81 bits per heavy atom. The van der Waals surface area contributed by atoms with Crippen molar-refractivity contribution in [3.05, 3.63) is 48.3 Å². The summed E-state index contributed by atoms with van der Waals surface area (Å²) in [6, 6.07) is 11.4. The summed E-state index contributed by atoms with van der Waals surface area (Å²) in [5.41, 5.74) is 7.18. The first-order valence-electron chi connectivity index (χ1n) is 6.16. The van der Waals surface area contributed by atoms with Crippen LogP contribution in [0.15, 0.2) is 42.5 Å². The maximum atomic E-state index is 13.5. The van der Waals surface area contributed by atoms with Gasteiger partial charge in [-0.3, -0.25) is 0 Å². The first-order valence-corrected chi connectivity index (χ1v) is 6.16. The normalized spacial score (nSPS) is 10.6. The number of nitrogens with zero attached hydrogens (tertiary/aromatic N) is 4. The molecule has 0 fully saturated rings. The van der Waals surface area contributed by atoms with E-state index in [-0.39, 0.29) is 0 Å². The van der Waals surface area contributed by atoms with E-state index in [2.05, 4.69) is 15.5 Å². The van der Waals surface area contributed by atoms with Crippen LogP contribution in [-0.4, -0.2) is 27.3 Å². The topological polar surface area (TPSA) is 78.8 Å². The maximum absolute atomic E-state index is 13.5. The van der Waals surface area contributed by atoms with Gasteiger partial charge in [0, 0.05) is 17.3 Å². The number of rotatable bonds is 3. The van der Waals surface area contributed by atoms with E-state index in [0.717, 1.165) is 0 Å². The highest BCUT2D eigenvalue weighted by molar-refractivity contribution is 5.63. The number of benzene rings is 2. The molecule has 0 aliphatic rings. The first kappa shape index (κ1) is 13.0. The molecule has 0 atom stereocenters. The van der Waals surface area contributed by atoms with Gasteiger partial charge >= 0.3 is 0 Å². The predicted octanol–water partition coefficient (Wildman–Crippen LogP) is 2.06. The van der Waals surface area contributed by atoms with Gasteiger partial charge in [0.15, 0.2) is 5.82 Å². The Labute approximate surface area is 120 Å². The summed E-state index contributed by atoms with van der Waals surface area (Å²) in [6.07, 6.45) is 0. The third kappa shape index (κ3) is 2.53. The lowest BCUT2D eigenvalue weighted by molar-refractivity contribution is 0.414. The van der Waals surface area contributed by atoms with Gasteiger partial charge in [-0.05, 0) is 40.8 Å². The van der Waals surface area contributed by atoms with E-state index in [9.17, 15) is 4.39 Å². The minimum absolute atomic E-state index is 0.310. The summed E-state index contributed by atoms with van der Waals surface area (Å²) in [7, 11) is 1.58. The number of halogens is 1. The molecule has 0 aliphatic carbocycles. The van der Waals surface area contributed by atoms with Crippen molar-refractivity contribution in [3.8, 4) is 22.8 Å². The van der Waals surface area contributed by atoms with E-state index >= 15 is 0 Å². The lowest BCUT2D eigenvalue weighted by Gasteiger charge is -2.07. The van der Waals surface area contributed by atoms with Gasteiger partial charge in [-0.1, -0.05) is 6.07 Å². The number of aromatic nitrogens is 4. The molecule has 21 heavy (non-hydrogen) atoms. The van der Waals surface area contributed by atoms with Crippen molar-refractivity contribution in [3.63, 3.8) is 0 Å². The molecule has 106 valence electrons. The molecule has 0 bridgehead atoms. The van der Waals surface area contributed by atoms with Crippen LogP contribution in [0.5, 0.6) is 5.75 Å². The number of hydrogen-bond donors (Lipinski definition) is 1. The number of anilines is 1. The first-order chi connectivity index (χ1) is 10.2. The van der Waals surface area contributed by atoms with Crippen LogP contribution in [0.4, 0.5) is 10.1 Å². The lowest BCUT2D eigenvalue weighted by Crippen LogP contribution is -2.01. The molecule has 7 heteroatoms. The molecule has 0 radical (unpaired) electrons. The fraction of sp³-hybridized carbons (Fsp3) is 0.0714. The summed E-state index contributed by atoms with van der Waals surface area (Å²) in [6.45, 7) is 0. The van der Waals surface area contributed by atoms with Gasteiger partial charge in [-0.15, -0.1) is 5.10 Å². The highest BCUT2D eigenvalue weighted by Crippen LogP contribution is 2.24. The Bertz CT molecular complexity index is 766. The monoisotopic (exact) mass is 285 g/mol. The van der Waals surface area contributed by atoms with Crippen molar-refractivity contribution < 1.29 is 9.13 Å². The number of ether oxygens (including phenoxy) is 1. The summed E-state index contributed by atoms with van der Waals surface area (Å²) in [5, 5.41) is 11.5. The smallest absolute Gasteiger partial charge is 0.187 e. The van der Waals surface area contributed by atoms with Crippen molar-refractivity contribution >= 4 is 5.69 Å². The molecule has 0 saturated heterocycles. The van der Waals surface area contributed by atoms with Crippen LogP contribution in [0.3, 0.4) is 0 Å². The van der Waals surface area contributed by atoms with Crippen LogP contribution in [0.2, 0.25) is 0 Å². The molecular formula is C14H12FN5O. The van der Waals surface area contributed by atoms with Crippen molar-refractivity contribution in [1.29, 1.82) is 0 Å². The molecule has 0 saturated carbocycles. The Morgan fingerprint density at radius 1 is 1.19 bits per heavy atom. The highest BCUT2D eigenvalue weighted by Gasteiger charge is 2.12. The van der Waals surface area contributed by atoms with Gasteiger partial charge in [-0.25, -0.2) is 4.39 Å². The predicted molar refractivity (Wildman–Crippen MR) is 75.5 cm³/mol. The molecule has 0 unspecified atom stereocenters. The van der Waals surface area contributed by atoms with E-state index < -0.39 is 5.82 Å². The second kappa shape index (κ2) is 5.20. The van der Waals surface area contributed by atoms with Gasteiger partial charge < -0.3 is 10.5 Å². The van der Waals surface area contributed by atoms with Gasteiger partial charge in [0.05, 0.1) is 12.8 Å². The van der Waals surface area contributed by atoms with Crippen LogP contribution in [0, 0.1) is 5.82 Å². The summed E-state index contributed by atoms with van der Waals surface area (Å²) in [4.78, 5) is 0. The van der Waals surface area contributed by atoms with Crippen molar-refractivity contribution in [2.45, 2.75) is 0 Å². The van der Waals surface area contributed by atoms with E-state index in [1.165, 1.54) is 16.8 Å².